The lowest BCUT2D eigenvalue weighted by molar-refractivity contribution is 0.406. The molecule has 112 valence electrons. The van der Waals surface area contributed by atoms with E-state index in [4.69, 9.17) is 0 Å². The highest BCUT2D eigenvalue weighted by Crippen LogP contribution is 2.33. The zero-order valence-corrected chi connectivity index (χ0v) is 12.8. The predicted molar refractivity (Wildman–Crippen MR) is 81.2 cm³/mol. The third-order valence-corrected chi connectivity index (χ3v) is 5.24. The number of thioether (sulfide) groups is 1. The Balaban J connectivity index is 2.06. The Kier molecular flexibility index (Phi) is 6.30. The minimum Gasteiger partial charge on any atom is -0.313 e. The van der Waals surface area contributed by atoms with Crippen molar-refractivity contribution >= 4 is 11.8 Å². The van der Waals surface area contributed by atoms with Gasteiger partial charge >= 0.3 is 0 Å². The molecule has 1 saturated carbocycles. The van der Waals surface area contributed by atoms with Crippen molar-refractivity contribution < 1.29 is 8.78 Å². The monoisotopic (exact) mass is 299 g/mol. The fraction of sp³-hybridized carbons (Fsp3) is 0.625. The molecule has 0 spiro atoms. The Hall–Kier alpha value is -0.610. The van der Waals surface area contributed by atoms with Gasteiger partial charge in [0.05, 0.1) is 0 Å². The van der Waals surface area contributed by atoms with E-state index in [9.17, 15) is 8.78 Å². The zero-order chi connectivity index (χ0) is 14.4. The molecule has 1 aliphatic carbocycles. The van der Waals surface area contributed by atoms with Crippen LogP contribution in [0.5, 0.6) is 0 Å². The Labute approximate surface area is 124 Å². The van der Waals surface area contributed by atoms with Gasteiger partial charge in [-0.2, -0.15) is 0 Å². The molecule has 0 saturated heterocycles. The van der Waals surface area contributed by atoms with Crippen LogP contribution in [-0.4, -0.2) is 17.8 Å². The molecule has 1 aromatic carbocycles. The van der Waals surface area contributed by atoms with E-state index in [-0.39, 0.29) is 0 Å². The van der Waals surface area contributed by atoms with Crippen molar-refractivity contribution in [1.82, 2.24) is 5.32 Å². The highest BCUT2D eigenvalue weighted by molar-refractivity contribution is 8.00. The second-order valence-corrected chi connectivity index (χ2v) is 6.70. The van der Waals surface area contributed by atoms with Gasteiger partial charge in [0, 0.05) is 16.2 Å². The maximum absolute atomic E-state index is 13.3. The molecule has 1 fully saturated rings. The lowest BCUT2D eigenvalue weighted by Crippen LogP contribution is -2.38. The Morgan fingerprint density at radius 3 is 2.55 bits per heavy atom. The molecule has 20 heavy (non-hydrogen) atoms. The van der Waals surface area contributed by atoms with Crippen LogP contribution < -0.4 is 5.32 Å². The molecule has 2 unspecified atom stereocenters. The van der Waals surface area contributed by atoms with Gasteiger partial charge in [-0.3, -0.25) is 0 Å². The maximum Gasteiger partial charge on any atom is 0.159 e. The maximum atomic E-state index is 13.3. The van der Waals surface area contributed by atoms with Gasteiger partial charge < -0.3 is 5.32 Å². The van der Waals surface area contributed by atoms with E-state index in [1.54, 1.807) is 17.8 Å². The van der Waals surface area contributed by atoms with Gasteiger partial charge in [-0.1, -0.05) is 32.6 Å². The van der Waals surface area contributed by atoms with Crippen molar-refractivity contribution in [3.05, 3.63) is 29.8 Å². The minimum atomic E-state index is -0.768. The van der Waals surface area contributed by atoms with Crippen molar-refractivity contribution in [3.8, 4) is 0 Å². The summed E-state index contributed by atoms with van der Waals surface area (Å²) in [5, 5.41) is 4.00. The molecule has 0 aliphatic heterocycles. The molecule has 2 rings (SSSR count). The van der Waals surface area contributed by atoms with Crippen LogP contribution >= 0.6 is 11.8 Å². The van der Waals surface area contributed by atoms with Crippen LogP contribution in [0.4, 0.5) is 8.78 Å². The van der Waals surface area contributed by atoms with Crippen LogP contribution in [0.25, 0.3) is 0 Å². The molecule has 2 atom stereocenters. The first-order valence-corrected chi connectivity index (χ1v) is 8.43. The normalized spacial score (nSPS) is 24.1. The average molecular weight is 299 g/mol. The molecule has 0 radical (unpaired) electrons. The van der Waals surface area contributed by atoms with Crippen LogP contribution in [0.1, 0.15) is 45.4 Å². The van der Waals surface area contributed by atoms with Gasteiger partial charge in [-0.15, -0.1) is 11.8 Å². The Morgan fingerprint density at radius 1 is 1.10 bits per heavy atom. The second kappa shape index (κ2) is 7.99. The van der Waals surface area contributed by atoms with Crippen LogP contribution in [0.3, 0.4) is 0 Å². The third kappa shape index (κ3) is 4.45. The van der Waals surface area contributed by atoms with Crippen LogP contribution in [-0.2, 0) is 0 Å². The molecule has 0 aromatic heterocycles. The summed E-state index contributed by atoms with van der Waals surface area (Å²) in [5.74, 6) is -1.52. The van der Waals surface area contributed by atoms with Crippen molar-refractivity contribution in [1.29, 1.82) is 0 Å². The summed E-state index contributed by atoms with van der Waals surface area (Å²) < 4.78 is 26.3. The topological polar surface area (TPSA) is 12.0 Å². The molecule has 1 N–H and O–H groups in total. The average Bonchev–Trinajstić information content (AvgIpc) is 2.41. The van der Waals surface area contributed by atoms with E-state index >= 15 is 0 Å². The van der Waals surface area contributed by atoms with Gasteiger partial charge in [0.1, 0.15) is 0 Å². The molecule has 4 heteroatoms. The summed E-state index contributed by atoms with van der Waals surface area (Å²) in [5.41, 5.74) is 0. The smallest absolute Gasteiger partial charge is 0.159 e. The highest BCUT2D eigenvalue weighted by Gasteiger charge is 2.23. The molecule has 0 bridgehead atoms. The fourth-order valence-corrected chi connectivity index (χ4v) is 4.16. The highest BCUT2D eigenvalue weighted by atomic mass is 32.2. The van der Waals surface area contributed by atoms with Gasteiger partial charge in [0.15, 0.2) is 11.6 Å². The van der Waals surface area contributed by atoms with Gasteiger partial charge in [0.25, 0.3) is 0 Å². The van der Waals surface area contributed by atoms with E-state index in [0.29, 0.717) is 11.3 Å². The van der Waals surface area contributed by atoms with Crippen LogP contribution in [0, 0.1) is 11.6 Å². The number of nitrogens with one attached hydrogen (secondary N) is 1. The summed E-state index contributed by atoms with van der Waals surface area (Å²) in [7, 11) is 0. The first kappa shape index (κ1) is 15.8. The molecule has 1 aromatic rings. The van der Waals surface area contributed by atoms with Crippen molar-refractivity contribution in [2.45, 2.75) is 61.6 Å². The molecule has 0 heterocycles. The van der Waals surface area contributed by atoms with Gasteiger partial charge in [-0.05, 0) is 37.6 Å². The SMILES string of the molecule is CCNC1CCCCCCC1Sc1ccc(F)c(F)c1. The predicted octanol–water partition coefficient (Wildman–Crippen LogP) is 4.76. The van der Waals surface area contributed by atoms with E-state index in [1.165, 1.54) is 44.2 Å². The summed E-state index contributed by atoms with van der Waals surface area (Å²) in [4.78, 5) is 0.831. The zero-order valence-electron chi connectivity index (χ0n) is 12.0. The van der Waals surface area contributed by atoms with E-state index in [2.05, 4.69) is 12.2 Å². The number of benzene rings is 1. The number of halogens is 2. The summed E-state index contributed by atoms with van der Waals surface area (Å²) in [6, 6.07) is 4.70. The van der Waals surface area contributed by atoms with Crippen molar-refractivity contribution in [2.75, 3.05) is 6.54 Å². The lowest BCUT2D eigenvalue weighted by Gasteiger charge is -2.29. The summed E-state index contributed by atoms with van der Waals surface area (Å²) in [6.45, 7) is 3.08. The number of rotatable bonds is 4. The lowest BCUT2D eigenvalue weighted by atomic mass is 9.96. The fourth-order valence-electron chi connectivity index (χ4n) is 2.81. The quantitative estimate of drug-likeness (QED) is 0.860. The first-order chi connectivity index (χ1) is 9.70. The van der Waals surface area contributed by atoms with Crippen molar-refractivity contribution in [3.63, 3.8) is 0 Å². The third-order valence-electron chi connectivity index (χ3n) is 3.85. The van der Waals surface area contributed by atoms with E-state index in [1.807, 2.05) is 0 Å². The Morgan fingerprint density at radius 2 is 1.85 bits per heavy atom. The second-order valence-electron chi connectivity index (χ2n) is 5.39. The van der Waals surface area contributed by atoms with E-state index in [0.717, 1.165) is 17.9 Å². The standard InChI is InChI=1S/C16H23F2NS/c1-2-19-15-7-5-3-4-6-8-16(15)20-12-9-10-13(17)14(18)11-12/h9-11,15-16,19H,2-8H2,1H3. The first-order valence-electron chi connectivity index (χ1n) is 7.55. The molecular formula is C16H23F2NS. The minimum absolute atomic E-state index is 0.445. The van der Waals surface area contributed by atoms with Gasteiger partial charge in [0.2, 0.25) is 0 Å². The van der Waals surface area contributed by atoms with Crippen LogP contribution in [0.15, 0.2) is 23.1 Å². The summed E-state index contributed by atoms with van der Waals surface area (Å²) >= 11 is 1.69. The number of hydrogen-bond donors (Lipinski definition) is 1. The van der Waals surface area contributed by atoms with Gasteiger partial charge in [-0.25, -0.2) is 8.78 Å². The summed E-state index contributed by atoms with van der Waals surface area (Å²) in [6.07, 6.45) is 7.39. The van der Waals surface area contributed by atoms with E-state index < -0.39 is 11.6 Å². The molecular weight excluding hydrogens is 276 g/mol. The van der Waals surface area contributed by atoms with Crippen molar-refractivity contribution in [2.24, 2.45) is 0 Å². The molecule has 0 amide bonds. The Bertz CT molecular complexity index is 425. The largest absolute Gasteiger partial charge is 0.313 e. The molecule has 1 nitrogen and oxygen atoms in total. The number of hydrogen-bond acceptors (Lipinski definition) is 2. The molecule has 1 aliphatic rings. The van der Waals surface area contributed by atoms with Crippen LogP contribution in [0.2, 0.25) is 0 Å².